The van der Waals surface area contributed by atoms with Crippen molar-refractivity contribution < 1.29 is 9.13 Å². The molecular formula is C13H14ClFN2OS. The molecule has 2 rings (SSSR count). The topological polar surface area (TPSA) is 34.2 Å². The lowest BCUT2D eigenvalue weighted by atomic mass is 10.3. The molecule has 1 heterocycles. The van der Waals surface area contributed by atoms with Crippen LogP contribution in [0.3, 0.4) is 0 Å². The minimum Gasteiger partial charge on any atom is -0.485 e. The Morgan fingerprint density at radius 3 is 3.11 bits per heavy atom. The van der Waals surface area contributed by atoms with Gasteiger partial charge < -0.3 is 10.1 Å². The van der Waals surface area contributed by atoms with Crippen molar-refractivity contribution in [2.75, 3.05) is 11.9 Å². The fraction of sp³-hybridized carbons (Fsp3) is 0.308. The third kappa shape index (κ3) is 3.81. The van der Waals surface area contributed by atoms with E-state index in [0.29, 0.717) is 0 Å². The summed E-state index contributed by atoms with van der Waals surface area (Å²) in [4.78, 5) is 5.14. The molecule has 0 radical (unpaired) electrons. The van der Waals surface area contributed by atoms with Gasteiger partial charge in [0.25, 0.3) is 0 Å². The van der Waals surface area contributed by atoms with E-state index in [9.17, 15) is 4.39 Å². The molecule has 0 bridgehead atoms. The largest absolute Gasteiger partial charge is 0.485 e. The van der Waals surface area contributed by atoms with E-state index in [4.69, 9.17) is 16.3 Å². The molecule has 0 aliphatic rings. The second-order valence-corrected chi connectivity index (χ2v) is 5.42. The van der Waals surface area contributed by atoms with Gasteiger partial charge in [-0.1, -0.05) is 35.9 Å². The number of aromatic nitrogens is 1. The first-order chi connectivity index (χ1) is 9.20. The summed E-state index contributed by atoms with van der Waals surface area (Å²) in [5, 5.41) is 4.11. The molecule has 0 amide bonds. The molecule has 1 aromatic carbocycles. The Bertz CT molecular complexity index is 547. The Kier molecular flexibility index (Phi) is 4.99. The number of nitrogens with zero attached hydrogens (tertiary/aromatic N) is 1. The third-order valence-corrected chi connectivity index (χ3v) is 3.59. The van der Waals surface area contributed by atoms with Gasteiger partial charge in [0.1, 0.15) is 6.61 Å². The predicted molar refractivity (Wildman–Crippen MR) is 76.6 cm³/mol. The Balaban J connectivity index is 1.95. The van der Waals surface area contributed by atoms with Gasteiger partial charge in [-0.2, -0.15) is 0 Å². The van der Waals surface area contributed by atoms with E-state index in [1.807, 2.05) is 0 Å². The van der Waals surface area contributed by atoms with Gasteiger partial charge in [-0.25, -0.2) is 9.37 Å². The molecule has 0 unspecified atom stereocenters. The highest BCUT2D eigenvalue weighted by Gasteiger charge is 2.08. The Morgan fingerprint density at radius 1 is 1.47 bits per heavy atom. The van der Waals surface area contributed by atoms with E-state index >= 15 is 0 Å². The molecule has 0 atom stereocenters. The van der Waals surface area contributed by atoms with Crippen LogP contribution < -0.4 is 10.1 Å². The summed E-state index contributed by atoms with van der Waals surface area (Å²) < 4.78 is 19.0. The van der Waals surface area contributed by atoms with Crippen molar-refractivity contribution in [3.05, 3.63) is 40.1 Å². The van der Waals surface area contributed by atoms with Crippen LogP contribution in [0.5, 0.6) is 5.75 Å². The van der Waals surface area contributed by atoms with Crippen molar-refractivity contribution in [3.63, 3.8) is 0 Å². The first kappa shape index (κ1) is 14.1. The zero-order chi connectivity index (χ0) is 13.7. The van der Waals surface area contributed by atoms with Crippen LogP contribution in [0.1, 0.15) is 18.2 Å². The molecule has 0 aliphatic carbocycles. The molecule has 102 valence electrons. The second-order valence-electron chi connectivity index (χ2n) is 3.90. The van der Waals surface area contributed by atoms with Gasteiger partial charge in [-0.3, -0.25) is 0 Å². The average molecular weight is 301 g/mol. The van der Waals surface area contributed by atoms with E-state index in [0.717, 1.165) is 23.0 Å². The van der Waals surface area contributed by atoms with Crippen molar-refractivity contribution >= 4 is 28.1 Å². The van der Waals surface area contributed by atoms with E-state index < -0.39 is 5.82 Å². The lowest BCUT2D eigenvalue weighted by molar-refractivity contribution is 0.293. The third-order valence-electron chi connectivity index (χ3n) is 2.37. The molecule has 0 saturated carbocycles. The van der Waals surface area contributed by atoms with Crippen LogP contribution in [-0.4, -0.2) is 11.5 Å². The summed E-state index contributed by atoms with van der Waals surface area (Å²) in [6.07, 6.45) is 2.77. The zero-order valence-electron chi connectivity index (χ0n) is 10.5. The predicted octanol–water partition coefficient (Wildman–Crippen LogP) is 4.34. The van der Waals surface area contributed by atoms with E-state index in [1.165, 1.54) is 17.4 Å². The maximum absolute atomic E-state index is 13.6. The van der Waals surface area contributed by atoms with Crippen LogP contribution in [0.2, 0.25) is 5.02 Å². The summed E-state index contributed by atoms with van der Waals surface area (Å²) in [5.41, 5.74) is 0. The number of ether oxygens (including phenoxy) is 1. The number of hydrogen-bond acceptors (Lipinski definition) is 4. The Labute approximate surface area is 120 Å². The van der Waals surface area contributed by atoms with Crippen LogP contribution in [-0.2, 0) is 6.61 Å². The minimum absolute atomic E-state index is 0.0621. The standard InChI is InChI=1S/C13H14ClFN2OS/c1-2-6-16-13-17-7-9(19-13)8-18-11-5-3-4-10(14)12(11)15/h3-5,7H,2,6,8H2,1H3,(H,16,17). The molecule has 2 aromatic rings. The maximum Gasteiger partial charge on any atom is 0.183 e. The summed E-state index contributed by atoms with van der Waals surface area (Å²) in [7, 11) is 0. The quantitative estimate of drug-likeness (QED) is 0.862. The fourth-order valence-corrected chi connectivity index (χ4v) is 2.35. The number of thiazole rings is 1. The van der Waals surface area contributed by atoms with Crippen LogP contribution in [0, 0.1) is 5.82 Å². The van der Waals surface area contributed by atoms with Crippen molar-refractivity contribution in [2.24, 2.45) is 0 Å². The second kappa shape index (κ2) is 6.73. The van der Waals surface area contributed by atoms with Gasteiger partial charge in [-0.05, 0) is 18.6 Å². The molecular weight excluding hydrogens is 287 g/mol. The maximum atomic E-state index is 13.6. The number of benzene rings is 1. The average Bonchev–Trinajstić information content (AvgIpc) is 2.86. The minimum atomic E-state index is -0.530. The first-order valence-electron chi connectivity index (χ1n) is 5.96. The van der Waals surface area contributed by atoms with E-state index in [-0.39, 0.29) is 17.4 Å². The summed E-state index contributed by atoms with van der Waals surface area (Å²) in [6.45, 7) is 3.26. The van der Waals surface area contributed by atoms with Gasteiger partial charge >= 0.3 is 0 Å². The van der Waals surface area contributed by atoms with Crippen molar-refractivity contribution in [1.82, 2.24) is 4.98 Å². The van der Waals surface area contributed by atoms with Gasteiger partial charge in [0, 0.05) is 12.7 Å². The highest BCUT2D eigenvalue weighted by molar-refractivity contribution is 7.15. The van der Waals surface area contributed by atoms with Crippen molar-refractivity contribution in [2.45, 2.75) is 20.0 Å². The first-order valence-corrected chi connectivity index (χ1v) is 7.15. The van der Waals surface area contributed by atoms with Gasteiger partial charge in [0.15, 0.2) is 16.7 Å². The lowest BCUT2D eigenvalue weighted by Gasteiger charge is -2.06. The number of rotatable bonds is 6. The highest BCUT2D eigenvalue weighted by Crippen LogP contribution is 2.26. The summed E-state index contributed by atoms with van der Waals surface area (Å²) >= 11 is 7.18. The normalized spacial score (nSPS) is 10.5. The molecule has 0 spiro atoms. The Hall–Kier alpha value is -1.33. The lowest BCUT2D eigenvalue weighted by Crippen LogP contribution is -1.98. The molecule has 6 heteroatoms. The molecule has 1 aromatic heterocycles. The molecule has 3 nitrogen and oxygen atoms in total. The number of halogens is 2. The summed E-state index contributed by atoms with van der Waals surface area (Å²) in [6, 6.07) is 4.70. The van der Waals surface area contributed by atoms with Gasteiger partial charge in [0.2, 0.25) is 0 Å². The molecule has 1 N–H and O–H groups in total. The number of nitrogens with one attached hydrogen (secondary N) is 1. The highest BCUT2D eigenvalue weighted by atomic mass is 35.5. The zero-order valence-corrected chi connectivity index (χ0v) is 12.0. The number of hydrogen-bond donors (Lipinski definition) is 1. The molecule has 0 saturated heterocycles. The molecule has 0 fully saturated rings. The monoisotopic (exact) mass is 300 g/mol. The van der Waals surface area contributed by atoms with Gasteiger partial charge in [-0.15, -0.1) is 0 Å². The van der Waals surface area contributed by atoms with Crippen LogP contribution >= 0.6 is 22.9 Å². The molecule has 0 aliphatic heterocycles. The smallest absolute Gasteiger partial charge is 0.183 e. The van der Waals surface area contributed by atoms with E-state index in [1.54, 1.807) is 18.3 Å². The van der Waals surface area contributed by atoms with Crippen molar-refractivity contribution in [1.29, 1.82) is 0 Å². The van der Waals surface area contributed by atoms with Crippen LogP contribution in [0.15, 0.2) is 24.4 Å². The fourth-order valence-electron chi connectivity index (χ4n) is 1.43. The Morgan fingerprint density at radius 2 is 2.32 bits per heavy atom. The SMILES string of the molecule is CCCNc1ncc(COc2cccc(Cl)c2F)s1. The van der Waals surface area contributed by atoms with Gasteiger partial charge in [0.05, 0.1) is 9.90 Å². The van der Waals surface area contributed by atoms with Crippen molar-refractivity contribution in [3.8, 4) is 5.75 Å². The van der Waals surface area contributed by atoms with Crippen LogP contribution in [0.25, 0.3) is 0 Å². The van der Waals surface area contributed by atoms with Crippen LogP contribution in [0.4, 0.5) is 9.52 Å². The summed E-state index contributed by atoms with van der Waals surface area (Å²) in [5.74, 6) is -0.373. The molecule has 19 heavy (non-hydrogen) atoms. The number of anilines is 1. The van der Waals surface area contributed by atoms with E-state index in [2.05, 4.69) is 17.2 Å².